The van der Waals surface area contributed by atoms with Crippen molar-refractivity contribution >= 4 is 35.1 Å². The molecule has 1 saturated heterocycles. The smallest absolute Gasteiger partial charge is 0.315 e. The summed E-state index contributed by atoms with van der Waals surface area (Å²) in [7, 11) is 0. The van der Waals surface area contributed by atoms with Crippen molar-refractivity contribution in [3.05, 3.63) is 33.8 Å². The molecule has 25 heavy (non-hydrogen) atoms. The minimum Gasteiger partial charge on any atom is -0.347 e. The Balaban J connectivity index is 1.65. The SMILES string of the molecule is CC(C)(C)NC(=O)NCCN1CC(NC(=O)c2cc(Cl)cc(Cl)c2)C1. The number of hydrogen-bond donors (Lipinski definition) is 3. The van der Waals surface area contributed by atoms with E-state index in [1.165, 1.54) is 0 Å². The Morgan fingerprint density at radius 3 is 2.32 bits per heavy atom. The number of rotatable bonds is 5. The van der Waals surface area contributed by atoms with E-state index in [-0.39, 0.29) is 23.5 Å². The Kier molecular flexibility index (Phi) is 6.54. The summed E-state index contributed by atoms with van der Waals surface area (Å²) in [5.74, 6) is -0.184. The Morgan fingerprint density at radius 1 is 1.16 bits per heavy atom. The lowest BCUT2D eigenvalue weighted by atomic mass is 10.1. The number of likely N-dealkylation sites (tertiary alicyclic amines) is 1. The predicted molar refractivity (Wildman–Crippen MR) is 100 cm³/mol. The van der Waals surface area contributed by atoms with Crippen molar-refractivity contribution < 1.29 is 9.59 Å². The molecule has 1 fully saturated rings. The molecule has 8 heteroatoms. The van der Waals surface area contributed by atoms with Gasteiger partial charge >= 0.3 is 6.03 Å². The van der Waals surface area contributed by atoms with Crippen LogP contribution in [0.2, 0.25) is 10.0 Å². The first-order valence-corrected chi connectivity index (χ1v) is 8.93. The first kappa shape index (κ1) is 19.8. The molecule has 3 N–H and O–H groups in total. The molecule has 2 rings (SSSR count). The maximum atomic E-state index is 12.2. The molecule has 1 aromatic carbocycles. The average Bonchev–Trinajstić information content (AvgIpc) is 2.41. The lowest BCUT2D eigenvalue weighted by molar-refractivity contribution is 0.0816. The molecule has 0 aliphatic carbocycles. The van der Waals surface area contributed by atoms with Crippen LogP contribution >= 0.6 is 23.2 Å². The monoisotopic (exact) mass is 386 g/mol. The van der Waals surface area contributed by atoms with Crippen LogP contribution in [0.5, 0.6) is 0 Å². The fourth-order valence-electron chi connectivity index (χ4n) is 2.51. The summed E-state index contributed by atoms with van der Waals surface area (Å²) in [4.78, 5) is 26.0. The van der Waals surface area contributed by atoms with Crippen molar-refractivity contribution in [2.75, 3.05) is 26.2 Å². The summed E-state index contributed by atoms with van der Waals surface area (Å²) in [6.07, 6.45) is 0. The molecule has 0 spiro atoms. The molecule has 0 atom stereocenters. The van der Waals surface area contributed by atoms with Crippen LogP contribution < -0.4 is 16.0 Å². The molecule has 0 aromatic heterocycles. The van der Waals surface area contributed by atoms with Crippen molar-refractivity contribution in [3.63, 3.8) is 0 Å². The molecule has 1 aliphatic heterocycles. The maximum Gasteiger partial charge on any atom is 0.315 e. The first-order chi connectivity index (χ1) is 11.6. The second kappa shape index (κ2) is 8.25. The van der Waals surface area contributed by atoms with Gasteiger partial charge in [0.2, 0.25) is 0 Å². The highest BCUT2D eigenvalue weighted by atomic mass is 35.5. The molecule has 3 amide bonds. The number of benzene rings is 1. The molecule has 138 valence electrons. The van der Waals surface area contributed by atoms with Gasteiger partial charge < -0.3 is 16.0 Å². The number of nitrogens with one attached hydrogen (secondary N) is 3. The molecule has 1 heterocycles. The highest BCUT2D eigenvalue weighted by Crippen LogP contribution is 2.19. The molecule has 6 nitrogen and oxygen atoms in total. The summed E-state index contributed by atoms with van der Waals surface area (Å²) in [6.45, 7) is 8.61. The van der Waals surface area contributed by atoms with Crippen LogP contribution in [0.4, 0.5) is 4.79 Å². The summed E-state index contributed by atoms with van der Waals surface area (Å²) in [5, 5.41) is 9.49. The first-order valence-electron chi connectivity index (χ1n) is 8.18. The van der Waals surface area contributed by atoms with Crippen LogP contribution in [0, 0.1) is 0 Å². The van der Waals surface area contributed by atoms with Crippen molar-refractivity contribution in [3.8, 4) is 0 Å². The van der Waals surface area contributed by atoms with E-state index < -0.39 is 0 Å². The zero-order valence-corrected chi connectivity index (χ0v) is 16.2. The van der Waals surface area contributed by atoms with Gasteiger partial charge in [-0.15, -0.1) is 0 Å². The third kappa shape index (κ3) is 6.72. The number of hydrogen-bond acceptors (Lipinski definition) is 3. The molecule has 0 saturated carbocycles. The fourth-order valence-corrected chi connectivity index (χ4v) is 3.04. The number of halogens is 2. The lowest BCUT2D eigenvalue weighted by Crippen LogP contribution is -2.60. The van der Waals surface area contributed by atoms with E-state index >= 15 is 0 Å². The van der Waals surface area contributed by atoms with Gasteiger partial charge in [0.15, 0.2) is 0 Å². The summed E-state index contributed by atoms with van der Waals surface area (Å²) in [5.41, 5.74) is 0.205. The molecule has 1 aliphatic rings. The number of amides is 3. The van der Waals surface area contributed by atoms with Gasteiger partial charge in [0, 0.05) is 47.3 Å². The van der Waals surface area contributed by atoms with E-state index in [9.17, 15) is 9.59 Å². The normalized spacial score (nSPS) is 15.4. The van der Waals surface area contributed by atoms with Gasteiger partial charge in [0.25, 0.3) is 5.91 Å². The zero-order chi connectivity index (χ0) is 18.6. The molecule has 0 radical (unpaired) electrons. The van der Waals surface area contributed by atoms with E-state index in [0.29, 0.717) is 22.2 Å². The van der Waals surface area contributed by atoms with Gasteiger partial charge in [0.1, 0.15) is 0 Å². The van der Waals surface area contributed by atoms with Gasteiger partial charge in [-0.05, 0) is 39.0 Å². The van der Waals surface area contributed by atoms with Crippen LogP contribution in [0.1, 0.15) is 31.1 Å². The van der Waals surface area contributed by atoms with Crippen molar-refractivity contribution in [2.45, 2.75) is 32.4 Å². The van der Waals surface area contributed by atoms with Gasteiger partial charge in [-0.2, -0.15) is 0 Å². The highest BCUT2D eigenvalue weighted by molar-refractivity contribution is 6.35. The van der Waals surface area contributed by atoms with E-state index in [0.717, 1.165) is 19.6 Å². The topological polar surface area (TPSA) is 73.5 Å². The standard InChI is InChI=1S/C17H24Cl2N4O2/c1-17(2,3)22-16(25)20-4-5-23-9-14(10-23)21-15(24)11-6-12(18)8-13(19)7-11/h6-8,14H,4-5,9-10H2,1-3H3,(H,21,24)(H2,20,22,25). The van der Waals surface area contributed by atoms with E-state index in [1.807, 2.05) is 20.8 Å². The summed E-state index contributed by atoms with van der Waals surface area (Å²) >= 11 is 11.8. The molecular weight excluding hydrogens is 363 g/mol. The Labute approximate surface area is 158 Å². The summed E-state index contributed by atoms with van der Waals surface area (Å²) < 4.78 is 0. The zero-order valence-electron chi connectivity index (χ0n) is 14.7. The minimum atomic E-state index is -0.251. The maximum absolute atomic E-state index is 12.2. The second-order valence-corrected chi connectivity index (χ2v) is 8.09. The fraction of sp³-hybridized carbons (Fsp3) is 0.529. The highest BCUT2D eigenvalue weighted by Gasteiger charge is 2.28. The van der Waals surface area contributed by atoms with Crippen LogP contribution in [0.3, 0.4) is 0 Å². The minimum absolute atomic E-state index is 0.0914. The van der Waals surface area contributed by atoms with Crippen molar-refractivity contribution in [1.82, 2.24) is 20.9 Å². The van der Waals surface area contributed by atoms with Crippen LogP contribution in [-0.4, -0.2) is 54.6 Å². The third-order valence-corrected chi connectivity index (χ3v) is 4.06. The molecular formula is C17H24Cl2N4O2. The van der Waals surface area contributed by atoms with Crippen molar-refractivity contribution in [2.24, 2.45) is 0 Å². The Bertz CT molecular complexity index is 620. The molecule has 0 unspecified atom stereocenters. The van der Waals surface area contributed by atoms with Gasteiger partial charge in [-0.25, -0.2) is 4.79 Å². The van der Waals surface area contributed by atoms with E-state index in [2.05, 4.69) is 20.9 Å². The number of urea groups is 1. The summed E-state index contributed by atoms with van der Waals surface area (Å²) in [6, 6.07) is 4.70. The van der Waals surface area contributed by atoms with Crippen LogP contribution in [0.25, 0.3) is 0 Å². The van der Waals surface area contributed by atoms with Crippen LogP contribution in [0.15, 0.2) is 18.2 Å². The van der Waals surface area contributed by atoms with Crippen molar-refractivity contribution in [1.29, 1.82) is 0 Å². The van der Waals surface area contributed by atoms with Gasteiger partial charge in [-0.3, -0.25) is 9.69 Å². The Morgan fingerprint density at radius 2 is 1.76 bits per heavy atom. The largest absolute Gasteiger partial charge is 0.347 e. The number of carbonyl (C=O) groups excluding carboxylic acids is 2. The molecule has 1 aromatic rings. The van der Waals surface area contributed by atoms with Gasteiger partial charge in [0.05, 0.1) is 6.04 Å². The lowest BCUT2D eigenvalue weighted by Gasteiger charge is -2.39. The third-order valence-electron chi connectivity index (χ3n) is 3.62. The van der Waals surface area contributed by atoms with Gasteiger partial charge in [-0.1, -0.05) is 23.2 Å². The van der Waals surface area contributed by atoms with E-state index in [1.54, 1.807) is 18.2 Å². The Hall–Kier alpha value is -1.50. The quantitative estimate of drug-likeness (QED) is 0.727. The molecule has 0 bridgehead atoms. The average molecular weight is 387 g/mol. The number of nitrogens with zero attached hydrogens (tertiary/aromatic N) is 1. The van der Waals surface area contributed by atoms with Crippen LogP contribution in [-0.2, 0) is 0 Å². The van der Waals surface area contributed by atoms with E-state index in [4.69, 9.17) is 23.2 Å². The predicted octanol–water partition coefficient (Wildman–Crippen LogP) is 2.51. The number of carbonyl (C=O) groups is 2. The second-order valence-electron chi connectivity index (χ2n) is 7.22.